The van der Waals surface area contributed by atoms with Crippen molar-refractivity contribution in [2.24, 2.45) is 5.92 Å². The van der Waals surface area contributed by atoms with Crippen molar-refractivity contribution in [3.8, 4) is 5.75 Å². The van der Waals surface area contributed by atoms with Gasteiger partial charge in [-0.25, -0.2) is 0 Å². The van der Waals surface area contributed by atoms with Crippen molar-refractivity contribution in [2.75, 3.05) is 19.6 Å². The van der Waals surface area contributed by atoms with E-state index in [1.54, 1.807) is 6.92 Å². The van der Waals surface area contributed by atoms with E-state index in [4.69, 9.17) is 26.2 Å². The molecule has 2 aromatic rings. The first kappa shape index (κ1) is 20.6. The second-order valence-electron chi connectivity index (χ2n) is 7.75. The molecule has 0 bridgehead atoms. The van der Waals surface area contributed by atoms with Crippen molar-refractivity contribution in [1.82, 2.24) is 10.2 Å². The third kappa shape index (κ3) is 4.89. The van der Waals surface area contributed by atoms with Crippen LogP contribution >= 0.6 is 11.6 Å². The van der Waals surface area contributed by atoms with Gasteiger partial charge in [0, 0.05) is 36.6 Å². The van der Waals surface area contributed by atoms with Crippen LogP contribution in [0.15, 0.2) is 60.0 Å². The Morgan fingerprint density at radius 2 is 2.00 bits per heavy atom. The predicted octanol–water partition coefficient (Wildman–Crippen LogP) is 4.18. The zero-order chi connectivity index (χ0) is 21.1. The van der Waals surface area contributed by atoms with Gasteiger partial charge < -0.3 is 19.9 Å². The minimum atomic E-state index is -0.762. The van der Waals surface area contributed by atoms with Crippen molar-refractivity contribution in [2.45, 2.75) is 26.2 Å². The lowest BCUT2D eigenvalue weighted by Gasteiger charge is -2.27. The Hall–Kier alpha value is -2.70. The van der Waals surface area contributed by atoms with Gasteiger partial charge in [0.1, 0.15) is 18.1 Å². The minimum Gasteiger partial charge on any atom is -0.489 e. The quantitative estimate of drug-likeness (QED) is 0.689. The Labute approximate surface area is 181 Å². The van der Waals surface area contributed by atoms with Crippen LogP contribution in [-0.4, -0.2) is 35.6 Å². The maximum Gasteiger partial charge on any atom is 0.307 e. The molecule has 6 nitrogen and oxygen atoms in total. The largest absolute Gasteiger partial charge is 0.489 e. The number of nitrogens with zero attached hydrogens (tertiary/aromatic N) is 1. The van der Waals surface area contributed by atoms with E-state index < -0.39 is 5.97 Å². The third-order valence-corrected chi connectivity index (χ3v) is 5.65. The topological polar surface area (TPSA) is 71.0 Å². The molecule has 0 spiro atoms. The fourth-order valence-electron chi connectivity index (χ4n) is 3.65. The van der Waals surface area contributed by atoms with E-state index >= 15 is 0 Å². The molecule has 0 saturated carbocycles. The molecular formula is C23H25ClN2O4. The van der Waals surface area contributed by atoms with Crippen LogP contribution in [0.4, 0.5) is 0 Å². The number of carboxylic acid groups (broad SMARTS) is 1. The third-order valence-electron chi connectivity index (χ3n) is 5.39. The highest BCUT2D eigenvalue weighted by atomic mass is 35.5. The van der Waals surface area contributed by atoms with Crippen LogP contribution in [0.3, 0.4) is 0 Å². The van der Waals surface area contributed by atoms with Crippen LogP contribution in [0.1, 0.15) is 30.7 Å². The Bertz CT molecular complexity index is 927. The lowest BCUT2D eigenvalue weighted by molar-refractivity contribution is -0.141. The number of aliphatic carboxylic acids is 1. The fraction of sp³-hybridized carbons (Fsp3) is 0.348. The lowest BCUT2D eigenvalue weighted by atomic mass is 10.1. The first-order valence-corrected chi connectivity index (χ1v) is 10.4. The fourth-order valence-corrected chi connectivity index (χ4v) is 3.77. The van der Waals surface area contributed by atoms with Crippen LogP contribution in [0.25, 0.3) is 0 Å². The van der Waals surface area contributed by atoms with Gasteiger partial charge in [0.05, 0.1) is 11.6 Å². The summed E-state index contributed by atoms with van der Waals surface area (Å²) in [6.45, 7) is 4.26. The van der Waals surface area contributed by atoms with Gasteiger partial charge in [0.15, 0.2) is 6.23 Å². The van der Waals surface area contributed by atoms with E-state index in [9.17, 15) is 4.79 Å². The minimum absolute atomic E-state index is 0.225. The van der Waals surface area contributed by atoms with Crippen molar-refractivity contribution in [3.63, 3.8) is 0 Å². The van der Waals surface area contributed by atoms with Crippen LogP contribution < -0.4 is 10.1 Å². The Morgan fingerprint density at radius 1 is 1.27 bits per heavy atom. The average Bonchev–Trinajstić information content (AvgIpc) is 3.17. The average molecular weight is 429 g/mol. The number of nitrogens with one attached hydrogen (secondary N) is 1. The van der Waals surface area contributed by atoms with Gasteiger partial charge in [0.2, 0.25) is 0 Å². The predicted molar refractivity (Wildman–Crippen MR) is 114 cm³/mol. The van der Waals surface area contributed by atoms with Gasteiger partial charge in [-0.2, -0.15) is 0 Å². The molecule has 30 heavy (non-hydrogen) atoms. The number of carboxylic acids is 1. The highest BCUT2D eigenvalue weighted by Crippen LogP contribution is 2.32. The van der Waals surface area contributed by atoms with E-state index in [-0.39, 0.29) is 12.1 Å². The molecule has 2 aliphatic rings. The van der Waals surface area contributed by atoms with Gasteiger partial charge in [-0.05, 0) is 42.0 Å². The zero-order valence-electron chi connectivity index (χ0n) is 16.8. The Balaban J connectivity index is 1.30. The number of halogens is 1. The Kier molecular flexibility index (Phi) is 6.16. The lowest BCUT2D eigenvalue weighted by Crippen LogP contribution is -2.38. The summed E-state index contributed by atoms with van der Waals surface area (Å²) in [7, 11) is 0. The normalized spacial score (nSPS) is 19.6. The van der Waals surface area contributed by atoms with Gasteiger partial charge in [-0.3, -0.25) is 9.69 Å². The molecule has 7 heteroatoms. The van der Waals surface area contributed by atoms with Crippen molar-refractivity contribution >= 4 is 17.6 Å². The summed E-state index contributed by atoms with van der Waals surface area (Å²) in [5.41, 5.74) is 3.13. The molecular weight excluding hydrogens is 404 g/mol. The molecule has 2 N–H and O–H groups in total. The molecule has 0 aromatic heterocycles. The van der Waals surface area contributed by atoms with E-state index in [1.807, 2.05) is 48.5 Å². The summed E-state index contributed by atoms with van der Waals surface area (Å²) < 4.78 is 11.9. The molecule has 0 aliphatic carbocycles. The highest BCUT2D eigenvalue weighted by Gasteiger charge is 2.31. The van der Waals surface area contributed by atoms with Gasteiger partial charge in [-0.1, -0.05) is 30.7 Å². The van der Waals surface area contributed by atoms with Crippen LogP contribution in [0.5, 0.6) is 5.75 Å². The number of ether oxygens (including phenoxy) is 2. The van der Waals surface area contributed by atoms with Crippen molar-refractivity contribution < 1.29 is 19.4 Å². The summed E-state index contributed by atoms with van der Waals surface area (Å²) in [5, 5.41) is 13.3. The standard InChI is InChI=1S/C23H25ClN2O4/c1-15(23(27)28)12-26-11-10-21-20(13-26)25-22(30-21)17-4-8-19(9-5-17)29-14-16-2-6-18(24)7-3-16/h2-9,15,22,25H,10-14H2,1H3,(H,27,28). The number of hydrogen-bond acceptors (Lipinski definition) is 5. The van der Waals surface area contributed by atoms with E-state index in [1.165, 1.54) is 0 Å². The van der Waals surface area contributed by atoms with Crippen molar-refractivity contribution in [1.29, 1.82) is 0 Å². The molecule has 0 radical (unpaired) electrons. The van der Waals surface area contributed by atoms with E-state index in [0.29, 0.717) is 24.7 Å². The highest BCUT2D eigenvalue weighted by molar-refractivity contribution is 6.30. The SMILES string of the molecule is CC(CN1CCC2=C(C1)NC(c1ccc(OCc3ccc(Cl)cc3)cc1)O2)C(=O)O. The molecule has 0 fully saturated rings. The monoisotopic (exact) mass is 428 g/mol. The number of rotatable bonds is 7. The van der Waals surface area contributed by atoms with Gasteiger partial charge in [0.25, 0.3) is 0 Å². The summed E-state index contributed by atoms with van der Waals surface area (Å²) >= 11 is 5.91. The van der Waals surface area contributed by atoms with Crippen LogP contribution in [0, 0.1) is 5.92 Å². The maximum atomic E-state index is 11.1. The van der Waals surface area contributed by atoms with Gasteiger partial charge in [-0.15, -0.1) is 0 Å². The molecule has 2 aliphatic heterocycles. The molecule has 4 rings (SSSR count). The maximum absolute atomic E-state index is 11.1. The first-order chi connectivity index (χ1) is 14.5. The summed E-state index contributed by atoms with van der Waals surface area (Å²) in [6.07, 6.45) is 0.560. The molecule has 158 valence electrons. The van der Waals surface area contributed by atoms with Gasteiger partial charge >= 0.3 is 5.97 Å². The summed E-state index contributed by atoms with van der Waals surface area (Å²) in [5.74, 6) is 0.618. The molecule has 2 aromatic carbocycles. The number of hydrogen-bond donors (Lipinski definition) is 2. The second-order valence-corrected chi connectivity index (χ2v) is 8.19. The Morgan fingerprint density at radius 3 is 2.70 bits per heavy atom. The first-order valence-electron chi connectivity index (χ1n) is 10.1. The molecule has 0 saturated heterocycles. The molecule has 2 atom stereocenters. The van der Waals surface area contributed by atoms with Crippen LogP contribution in [-0.2, 0) is 16.1 Å². The van der Waals surface area contributed by atoms with Crippen LogP contribution in [0.2, 0.25) is 5.02 Å². The zero-order valence-corrected chi connectivity index (χ0v) is 17.6. The summed E-state index contributed by atoms with van der Waals surface area (Å²) in [6, 6.07) is 15.5. The smallest absolute Gasteiger partial charge is 0.307 e. The molecule has 0 amide bonds. The number of benzene rings is 2. The molecule has 2 heterocycles. The van der Waals surface area contributed by atoms with E-state index in [2.05, 4.69) is 10.2 Å². The van der Waals surface area contributed by atoms with E-state index in [0.717, 1.165) is 41.3 Å². The molecule has 2 unspecified atom stereocenters. The number of carbonyl (C=O) groups is 1. The second kappa shape index (κ2) is 8.98. The van der Waals surface area contributed by atoms with Crippen molar-refractivity contribution in [3.05, 3.63) is 76.1 Å². The summed E-state index contributed by atoms with van der Waals surface area (Å²) in [4.78, 5) is 13.3.